The van der Waals surface area contributed by atoms with E-state index >= 15 is 0 Å². The fourth-order valence-corrected chi connectivity index (χ4v) is 1.81. The molecule has 0 aromatic heterocycles. The average molecular weight is 198 g/mol. The predicted molar refractivity (Wildman–Crippen MR) is 60.8 cm³/mol. The van der Waals surface area contributed by atoms with E-state index in [4.69, 9.17) is 12.2 Å². The van der Waals surface area contributed by atoms with Crippen LogP contribution in [0.1, 0.15) is 25.7 Å². The van der Waals surface area contributed by atoms with Crippen LogP contribution < -0.4 is 5.32 Å². The van der Waals surface area contributed by atoms with Gasteiger partial charge in [0.1, 0.15) is 0 Å². The van der Waals surface area contributed by atoms with Crippen LogP contribution in [0.2, 0.25) is 0 Å². The SMILES string of the molecule is C=CCNC(=S)N1CCCCCC1. The fourth-order valence-electron chi connectivity index (χ4n) is 1.55. The lowest BCUT2D eigenvalue weighted by Gasteiger charge is -2.23. The molecule has 1 N–H and O–H groups in total. The molecular weight excluding hydrogens is 180 g/mol. The molecule has 74 valence electrons. The van der Waals surface area contributed by atoms with Gasteiger partial charge in [0, 0.05) is 19.6 Å². The quantitative estimate of drug-likeness (QED) is 0.539. The number of rotatable bonds is 2. The highest BCUT2D eigenvalue weighted by atomic mass is 32.1. The Morgan fingerprint density at radius 1 is 1.31 bits per heavy atom. The molecule has 0 aliphatic carbocycles. The highest BCUT2D eigenvalue weighted by molar-refractivity contribution is 7.80. The first-order valence-corrected chi connectivity index (χ1v) is 5.39. The van der Waals surface area contributed by atoms with E-state index in [1.165, 1.54) is 25.7 Å². The molecule has 0 amide bonds. The molecule has 1 aliphatic rings. The van der Waals surface area contributed by atoms with Crippen molar-refractivity contribution in [3.63, 3.8) is 0 Å². The van der Waals surface area contributed by atoms with Gasteiger partial charge in [0.05, 0.1) is 0 Å². The van der Waals surface area contributed by atoms with Gasteiger partial charge in [0.15, 0.2) is 5.11 Å². The zero-order valence-corrected chi connectivity index (χ0v) is 8.91. The second-order valence-electron chi connectivity index (χ2n) is 3.38. The minimum atomic E-state index is 0.773. The van der Waals surface area contributed by atoms with Gasteiger partial charge in [0.25, 0.3) is 0 Å². The van der Waals surface area contributed by atoms with Crippen LogP contribution in [-0.4, -0.2) is 29.6 Å². The Morgan fingerprint density at radius 2 is 1.92 bits per heavy atom. The van der Waals surface area contributed by atoms with E-state index in [1.807, 2.05) is 6.08 Å². The zero-order valence-electron chi connectivity index (χ0n) is 8.09. The molecule has 1 saturated heterocycles. The highest BCUT2D eigenvalue weighted by Crippen LogP contribution is 2.09. The summed E-state index contributed by atoms with van der Waals surface area (Å²) in [7, 11) is 0. The van der Waals surface area contributed by atoms with Gasteiger partial charge in [0.2, 0.25) is 0 Å². The molecule has 0 unspecified atom stereocenters. The normalized spacial score (nSPS) is 17.7. The topological polar surface area (TPSA) is 15.3 Å². The lowest BCUT2D eigenvalue weighted by Crippen LogP contribution is -2.40. The largest absolute Gasteiger partial charge is 0.359 e. The van der Waals surface area contributed by atoms with Crippen LogP contribution in [0.3, 0.4) is 0 Å². The standard InChI is InChI=1S/C10H18N2S/c1-2-7-11-10(13)12-8-5-3-4-6-9-12/h2H,1,3-9H2,(H,11,13). The third kappa shape index (κ3) is 3.77. The first kappa shape index (κ1) is 10.5. The van der Waals surface area contributed by atoms with Gasteiger partial charge in [-0.3, -0.25) is 0 Å². The molecular formula is C10H18N2S. The van der Waals surface area contributed by atoms with Crippen LogP contribution in [0.5, 0.6) is 0 Å². The van der Waals surface area contributed by atoms with Crippen molar-refractivity contribution < 1.29 is 0 Å². The number of likely N-dealkylation sites (tertiary alicyclic amines) is 1. The van der Waals surface area contributed by atoms with Gasteiger partial charge >= 0.3 is 0 Å². The van der Waals surface area contributed by atoms with Gasteiger partial charge in [-0.15, -0.1) is 6.58 Å². The summed E-state index contributed by atoms with van der Waals surface area (Å²) in [5, 5.41) is 4.06. The van der Waals surface area contributed by atoms with Crippen molar-refractivity contribution in [1.82, 2.24) is 10.2 Å². The minimum Gasteiger partial charge on any atom is -0.359 e. The summed E-state index contributed by atoms with van der Waals surface area (Å²) >= 11 is 5.27. The van der Waals surface area contributed by atoms with Crippen molar-refractivity contribution in [3.05, 3.63) is 12.7 Å². The van der Waals surface area contributed by atoms with E-state index in [2.05, 4.69) is 16.8 Å². The molecule has 3 heteroatoms. The third-order valence-corrected chi connectivity index (χ3v) is 2.69. The molecule has 0 bridgehead atoms. The minimum absolute atomic E-state index is 0.773. The number of nitrogens with zero attached hydrogens (tertiary/aromatic N) is 1. The van der Waals surface area contributed by atoms with E-state index in [0.29, 0.717) is 0 Å². The molecule has 1 fully saturated rings. The summed E-state index contributed by atoms with van der Waals surface area (Å²) in [5.41, 5.74) is 0. The maximum atomic E-state index is 5.27. The zero-order chi connectivity index (χ0) is 9.52. The maximum Gasteiger partial charge on any atom is 0.169 e. The van der Waals surface area contributed by atoms with Gasteiger partial charge in [-0.1, -0.05) is 18.9 Å². The molecule has 0 saturated carbocycles. The second-order valence-corrected chi connectivity index (χ2v) is 3.76. The highest BCUT2D eigenvalue weighted by Gasteiger charge is 2.10. The Bertz CT molecular complexity index is 172. The van der Waals surface area contributed by atoms with Crippen LogP contribution in [-0.2, 0) is 0 Å². The van der Waals surface area contributed by atoms with Crippen LogP contribution in [0.15, 0.2) is 12.7 Å². The molecule has 0 spiro atoms. The van der Waals surface area contributed by atoms with Gasteiger partial charge < -0.3 is 10.2 Å². The number of hydrogen-bond donors (Lipinski definition) is 1. The predicted octanol–water partition coefficient (Wildman–Crippen LogP) is 1.92. The Labute approximate surface area is 86.0 Å². The molecule has 0 aromatic carbocycles. The van der Waals surface area contributed by atoms with Crippen molar-refractivity contribution in [2.75, 3.05) is 19.6 Å². The molecule has 1 heterocycles. The van der Waals surface area contributed by atoms with Crippen LogP contribution >= 0.6 is 12.2 Å². The summed E-state index contributed by atoms with van der Waals surface area (Å²) in [5.74, 6) is 0. The number of hydrogen-bond acceptors (Lipinski definition) is 1. The number of nitrogens with one attached hydrogen (secondary N) is 1. The second kappa shape index (κ2) is 5.97. The summed E-state index contributed by atoms with van der Waals surface area (Å²) in [4.78, 5) is 2.27. The third-order valence-electron chi connectivity index (χ3n) is 2.29. The first-order chi connectivity index (χ1) is 6.34. The molecule has 0 radical (unpaired) electrons. The van der Waals surface area contributed by atoms with Crippen molar-refractivity contribution in [3.8, 4) is 0 Å². The van der Waals surface area contributed by atoms with Gasteiger partial charge in [-0.25, -0.2) is 0 Å². The average Bonchev–Trinajstić information content (AvgIpc) is 2.42. The van der Waals surface area contributed by atoms with Crippen molar-refractivity contribution in [2.45, 2.75) is 25.7 Å². The van der Waals surface area contributed by atoms with Crippen molar-refractivity contribution >= 4 is 17.3 Å². The lowest BCUT2D eigenvalue weighted by atomic mass is 10.2. The Hall–Kier alpha value is -0.570. The van der Waals surface area contributed by atoms with E-state index in [-0.39, 0.29) is 0 Å². The van der Waals surface area contributed by atoms with E-state index < -0.39 is 0 Å². The van der Waals surface area contributed by atoms with Gasteiger partial charge in [-0.2, -0.15) is 0 Å². The Balaban J connectivity index is 2.30. The molecule has 0 atom stereocenters. The lowest BCUT2D eigenvalue weighted by molar-refractivity contribution is 0.429. The van der Waals surface area contributed by atoms with Crippen LogP contribution in [0.25, 0.3) is 0 Å². The molecule has 13 heavy (non-hydrogen) atoms. The van der Waals surface area contributed by atoms with Crippen molar-refractivity contribution in [2.24, 2.45) is 0 Å². The Morgan fingerprint density at radius 3 is 2.46 bits per heavy atom. The summed E-state index contributed by atoms with van der Waals surface area (Å²) < 4.78 is 0. The van der Waals surface area contributed by atoms with E-state index in [1.54, 1.807) is 0 Å². The maximum absolute atomic E-state index is 5.27. The molecule has 2 nitrogen and oxygen atoms in total. The Kier molecular flexibility index (Phi) is 4.83. The smallest absolute Gasteiger partial charge is 0.169 e. The monoisotopic (exact) mass is 198 g/mol. The van der Waals surface area contributed by atoms with Crippen LogP contribution in [0.4, 0.5) is 0 Å². The van der Waals surface area contributed by atoms with Gasteiger partial charge in [-0.05, 0) is 25.1 Å². The fraction of sp³-hybridized carbons (Fsp3) is 0.700. The molecule has 0 aromatic rings. The van der Waals surface area contributed by atoms with E-state index in [9.17, 15) is 0 Å². The molecule has 1 rings (SSSR count). The van der Waals surface area contributed by atoms with Crippen molar-refractivity contribution in [1.29, 1.82) is 0 Å². The first-order valence-electron chi connectivity index (χ1n) is 4.98. The summed E-state index contributed by atoms with van der Waals surface area (Å²) in [6.07, 6.45) is 7.08. The van der Waals surface area contributed by atoms with Crippen LogP contribution in [0, 0.1) is 0 Å². The summed E-state index contributed by atoms with van der Waals surface area (Å²) in [6.45, 7) is 6.66. The van der Waals surface area contributed by atoms with E-state index in [0.717, 1.165) is 24.7 Å². The molecule has 1 aliphatic heterocycles. The number of thiocarbonyl (C=S) groups is 1. The summed E-state index contributed by atoms with van der Waals surface area (Å²) in [6, 6.07) is 0.